The summed E-state index contributed by atoms with van der Waals surface area (Å²) in [7, 11) is 0. The van der Waals surface area contributed by atoms with Crippen LogP contribution in [0, 0.1) is 19.8 Å². The monoisotopic (exact) mass is 471 g/mol. The lowest BCUT2D eigenvalue weighted by Gasteiger charge is -2.18. The first-order valence-corrected chi connectivity index (χ1v) is 11.6. The zero-order chi connectivity index (χ0) is 23.7. The molecule has 1 aliphatic carbocycles. The molecule has 0 spiro atoms. The summed E-state index contributed by atoms with van der Waals surface area (Å²) in [6.45, 7) is 7.24. The maximum atomic E-state index is 12.6. The Morgan fingerprint density at radius 1 is 1.21 bits per heavy atom. The number of nitrogens with zero attached hydrogens (tertiary/aromatic N) is 4. The van der Waals surface area contributed by atoms with E-state index in [0.29, 0.717) is 16.5 Å². The van der Waals surface area contributed by atoms with Gasteiger partial charge in [-0.15, -0.1) is 16.4 Å². The molecule has 11 heteroatoms. The maximum absolute atomic E-state index is 12.6. The number of ether oxygens (including phenoxy) is 2. The van der Waals surface area contributed by atoms with E-state index in [-0.39, 0.29) is 18.2 Å². The topological polar surface area (TPSA) is 125 Å². The van der Waals surface area contributed by atoms with Gasteiger partial charge < -0.3 is 14.8 Å². The summed E-state index contributed by atoms with van der Waals surface area (Å²) in [5.41, 5.74) is 2.86. The van der Waals surface area contributed by atoms with Crippen molar-refractivity contribution in [1.29, 1.82) is 0 Å². The second-order valence-corrected chi connectivity index (χ2v) is 9.19. The number of amides is 1. The average Bonchev–Trinajstić information content (AvgIpc) is 3.33. The van der Waals surface area contributed by atoms with E-state index in [2.05, 4.69) is 27.3 Å². The first-order valence-electron chi connectivity index (χ1n) is 10.8. The molecule has 10 nitrogen and oxygen atoms in total. The number of nitrogens with one attached hydrogen (secondary N) is 1. The fourth-order valence-corrected chi connectivity index (χ4v) is 5.28. The summed E-state index contributed by atoms with van der Waals surface area (Å²) in [5, 5.41) is 7.24. The van der Waals surface area contributed by atoms with E-state index in [1.165, 1.54) is 15.9 Å². The van der Waals surface area contributed by atoms with Crippen LogP contribution in [-0.4, -0.2) is 50.6 Å². The van der Waals surface area contributed by atoms with Crippen LogP contribution in [0.3, 0.4) is 0 Å². The average molecular weight is 472 g/mol. The normalized spacial score (nSPS) is 15.2. The lowest BCUT2D eigenvalue weighted by Crippen LogP contribution is -2.22. The van der Waals surface area contributed by atoms with Gasteiger partial charge >= 0.3 is 11.9 Å². The Balaban J connectivity index is 1.46. The van der Waals surface area contributed by atoms with Crippen LogP contribution in [0.1, 0.15) is 63.1 Å². The first kappa shape index (κ1) is 22.8. The van der Waals surface area contributed by atoms with Crippen LogP contribution < -0.4 is 5.32 Å². The largest absolute Gasteiger partial charge is 0.462 e. The summed E-state index contributed by atoms with van der Waals surface area (Å²) in [6, 6.07) is 1.81. The molecule has 0 radical (unpaired) electrons. The van der Waals surface area contributed by atoms with Crippen molar-refractivity contribution in [1.82, 2.24) is 19.6 Å². The number of fused-ring (bicyclic) bond motifs is 2. The van der Waals surface area contributed by atoms with E-state index in [1.807, 2.05) is 19.9 Å². The lowest BCUT2D eigenvalue weighted by atomic mass is 9.88. The molecule has 33 heavy (non-hydrogen) atoms. The van der Waals surface area contributed by atoms with Crippen molar-refractivity contribution in [3.63, 3.8) is 0 Å². The van der Waals surface area contributed by atoms with Crippen molar-refractivity contribution in [3.05, 3.63) is 39.3 Å². The minimum atomic E-state index is -0.836. The molecule has 1 N–H and O–H groups in total. The third-order valence-corrected chi connectivity index (χ3v) is 6.55. The highest BCUT2D eigenvalue weighted by molar-refractivity contribution is 7.17. The van der Waals surface area contributed by atoms with Crippen LogP contribution in [0.15, 0.2) is 6.07 Å². The Labute approximate surface area is 194 Å². The number of esters is 2. The van der Waals surface area contributed by atoms with Gasteiger partial charge in [0.15, 0.2) is 6.61 Å². The van der Waals surface area contributed by atoms with Crippen LogP contribution >= 0.6 is 11.3 Å². The van der Waals surface area contributed by atoms with Crippen molar-refractivity contribution in [2.24, 2.45) is 5.92 Å². The zero-order valence-electron chi connectivity index (χ0n) is 18.9. The Morgan fingerprint density at radius 2 is 2.00 bits per heavy atom. The number of hydrogen-bond donors (Lipinski definition) is 1. The Kier molecular flexibility index (Phi) is 6.41. The highest BCUT2D eigenvalue weighted by atomic mass is 32.1. The van der Waals surface area contributed by atoms with Gasteiger partial charge in [0, 0.05) is 16.3 Å². The van der Waals surface area contributed by atoms with E-state index >= 15 is 0 Å². The molecule has 1 unspecified atom stereocenters. The number of rotatable bonds is 6. The third kappa shape index (κ3) is 4.72. The van der Waals surface area contributed by atoms with Crippen LogP contribution in [-0.2, 0) is 27.1 Å². The predicted octanol–water partition coefficient (Wildman–Crippen LogP) is 2.90. The van der Waals surface area contributed by atoms with Crippen molar-refractivity contribution in [3.8, 4) is 0 Å². The van der Waals surface area contributed by atoms with Crippen LogP contribution in [0.2, 0.25) is 0 Å². The molecular formula is C22H25N5O5S. The number of carbonyl (C=O) groups is 3. The molecule has 3 aromatic rings. The molecule has 0 bridgehead atoms. The van der Waals surface area contributed by atoms with Crippen molar-refractivity contribution < 1.29 is 23.9 Å². The van der Waals surface area contributed by atoms with Crippen molar-refractivity contribution >= 4 is 40.0 Å². The Morgan fingerprint density at radius 3 is 2.76 bits per heavy atom. The summed E-state index contributed by atoms with van der Waals surface area (Å²) >= 11 is 1.38. The first-order chi connectivity index (χ1) is 15.8. The second-order valence-electron chi connectivity index (χ2n) is 8.09. The van der Waals surface area contributed by atoms with Gasteiger partial charge in [-0.3, -0.25) is 4.79 Å². The molecule has 3 aromatic heterocycles. The van der Waals surface area contributed by atoms with Gasteiger partial charge in [0.25, 0.3) is 17.5 Å². The maximum Gasteiger partial charge on any atom is 0.378 e. The number of carbonyl (C=O) groups excluding carboxylic acids is 3. The van der Waals surface area contributed by atoms with Crippen LogP contribution in [0.5, 0.6) is 0 Å². The molecule has 4 rings (SSSR count). The number of aromatic nitrogens is 4. The van der Waals surface area contributed by atoms with Gasteiger partial charge in [0.1, 0.15) is 5.00 Å². The van der Waals surface area contributed by atoms with Gasteiger partial charge in [-0.05, 0) is 57.6 Å². The highest BCUT2D eigenvalue weighted by Crippen LogP contribution is 2.40. The Bertz CT molecular complexity index is 1250. The fourth-order valence-electron chi connectivity index (χ4n) is 3.87. The molecule has 0 saturated heterocycles. The van der Waals surface area contributed by atoms with Gasteiger partial charge in [0.05, 0.1) is 12.2 Å². The molecule has 3 heterocycles. The number of hydrogen-bond acceptors (Lipinski definition) is 9. The number of thiophene rings is 1. The van der Waals surface area contributed by atoms with Crippen molar-refractivity contribution in [2.75, 3.05) is 18.5 Å². The SMILES string of the molecule is CCOC(=O)c1c(NC(=O)COC(=O)c2nc3nc(C)cc(C)n3n2)sc2c1CCC(C)C2. The minimum absolute atomic E-state index is 0.184. The quantitative estimate of drug-likeness (QED) is 0.544. The highest BCUT2D eigenvalue weighted by Gasteiger charge is 2.29. The van der Waals surface area contributed by atoms with E-state index in [4.69, 9.17) is 9.47 Å². The van der Waals surface area contributed by atoms with Gasteiger partial charge in [-0.25, -0.2) is 19.1 Å². The van der Waals surface area contributed by atoms with E-state index in [0.717, 1.165) is 41.1 Å². The van der Waals surface area contributed by atoms with E-state index in [1.54, 1.807) is 6.92 Å². The lowest BCUT2D eigenvalue weighted by molar-refractivity contribution is -0.119. The van der Waals surface area contributed by atoms with Crippen molar-refractivity contribution in [2.45, 2.75) is 47.0 Å². The molecule has 174 valence electrons. The zero-order valence-corrected chi connectivity index (χ0v) is 19.7. The van der Waals surface area contributed by atoms with Crippen LogP contribution in [0.25, 0.3) is 5.78 Å². The standard InChI is InChI=1S/C22H25N5O5S/c1-5-31-20(29)17-14-7-6-11(2)8-15(14)33-19(17)24-16(28)10-32-21(30)18-25-22-23-12(3)9-13(4)27(22)26-18/h9,11H,5-8,10H2,1-4H3,(H,24,28). The third-order valence-electron chi connectivity index (χ3n) is 5.38. The van der Waals surface area contributed by atoms with E-state index < -0.39 is 24.5 Å². The van der Waals surface area contributed by atoms with Gasteiger partial charge in [-0.2, -0.15) is 4.98 Å². The summed E-state index contributed by atoms with van der Waals surface area (Å²) < 4.78 is 11.7. The molecule has 1 aliphatic rings. The Hall–Kier alpha value is -3.34. The fraction of sp³-hybridized carbons (Fsp3) is 0.455. The number of anilines is 1. The number of aryl methyl sites for hydroxylation is 2. The summed E-state index contributed by atoms with van der Waals surface area (Å²) in [5.74, 6) is -1.25. The summed E-state index contributed by atoms with van der Waals surface area (Å²) in [4.78, 5) is 46.9. The molecule has 0 fully saturated rings. The molecule has 0 aromatic carbocycles. The molecular weight excluding hydrogens is 446 g/mol. The van der Waals surface area contributed by atoms with Gasteiger partial charge in [0.2, 0.25) is 0 Å². The van der Waals surface area contributed by atoms with Crippen LogP contribution in [0.4, 0.5) is 5.00 Å². The van der Waals surface area contributed by atoms with Gasteiger partial charge in [-0.1, -0.05) is 6.92 Å². The molecule has 0 aliphatic heterocycles. The molecule has 0 saturated carbocycles. The summed E-state index contributed by atoms with van der Waals surface area (Å²) in [6.07, 6.45) is 2.59. The minimum Gasteiger partial charge on any atom is -0.462 e. The predicted molar refractivity (Wildman–Crippen MR) is 121 cm³/mol. The molecule has 1 atom stereocenters. The smallest absolute Gasteiger partial charge is 0.378 e. The molecule has 1 amide bonds. The second kappa shape index (κ2) is 9.26. The van der Waals surface area contributed by atoms with E-state index in [9.17, 15) is 14.4 Å².